The van der Waals surface area contributed by atoms with E-state index in [-0.39, 0.29) is 11.5 Å². The summed E-state index contributed by atoms with van der Waals surface area (Å²) in [6, 6.07) is 0.0533. The Kier molecular flexibility index (Phi) is 3.53. The molecule has 0 saturated heterocycles. The van der Waals surface area contributed by atoms with Gasteiger partial charge in [0.1, 0.15) is 5.69 Å². The van der Waals surface area contributed by atoms with E-state index in [0.717, 1.165) is 11.6 Å². The summed E-state index contributed by atoms with van der Waals surface area (Å²) in [7, 11) is 1.09. The van der Waals surface area contributed by atoms with Crippen LogP contribution in [0.25, 0.3) is 5.65 Å². The first kappa shape index (κ1) is 16.4. The van der Waals surface area contributed by atoms with E-state index in [9.17, 15) is 22.0 Å². The monoisotopic (exact) mass is 324 g/mol. The van der Waals surface area contributed by atoms with Gasteiger partial charge in [0.05, 0.1) is 7.11 Å². The number of methoxy groups -OCH3 is 1. The van der Waals surface area contributed by atoms with Crippen molar-refractivity contribution >= 4 is 5.65 Å². The number of aromatic nitrogens is 4. The number of nitrogens with zero attached hydrogens (tertiary/aromatic N) is 4. The van der Waals surface area contributed by atoms with Crippen LogP contribution in [0.3, 0.4) is 0 Å². The highest BCUT2D eigenvalue weighted by molar-refractivity contribution is 5.42. The molecule has 10 heteroatoms. The largest absolute Gasteiger partial charge is 0.467 e. The van der Waals surface area contributed by atoms with Gasteiger partial charge in [-0.15, -0.1) is 5.10 Å². The minimum absolute atomic E-state index is 0.198. The van der Waals surface area contributed by atoms with Crippen molar-refractivity contribution < 1.29 is 26.7 Å². The Labute approximate surface area is 122 Å². The molecule has 0 aromatic carbocycles. The van der Waals surface area contributed by atoms with E-state index in [1.165, 1.54) is 0 Å². The SMILES string of the molecule is COc1nc(C(F)(F)C(F)(F)F)cc2nc(C(C)(C)C)nn12. The number of fused-ring (bicyclic) bond motifs is 1. The molecule has 5 nitrogen and oxygen atoms in total. The van der Waals surface area contributed by atoms with Crippen molar-refractivity contribution in [1.82, 2.24) is 19.6 Å². The lowest BCUT2D eigenvalue weighted by Crippen LogP contribution is -2.34. The Morgan fingerprint density at radius 1 is 1.05 bits per heavy atom. The predicted octanol–water partition coefficient (Wildman–Crippen LogP) is 3.08. The lowest BCUT2D eigenvalue weighted by Gasteiger charge is -2.19. The maximum absolute atomic E-state index is 13.4. The van der Waals surface area contributed by atoms with Crippen molar-refractivity contribution in [1.29, 1.82) is 0 Å². The molecule has 0 radical (unpaired) electrons. The number of alkyl halides is 5. The van der Waals surface area contributed by atoms with Crippen LogP contribution in [0, 0.1) is 0 Å². The number of halogens is 5. The van der Waals surface area contributed by atoms with E-state index in [4.69, 9.17) is 4.74 Å². The van der Waals surface area contributed by atoms with Crippen LogP contribution >= 0.6 is 0 Å². The molecule has 0 N–H and O–H groups in total. The zero-order valence-electron chi connectivity index (χ0n) is 12.2. The molecule has 0 atom stereocenters. The summed E-state index contributed by atoms with van der Waals surface area (Å²) < 4.78 is 70.1. The van der Waals surface area contributed by atoms with Crippen LogP contribution in [0.4, 0.5) is 22.0 Å². The third-order valence-electron chi connectivity index (χ3n) is 2.83. The fourth-order valence-electron chi connectivity index (χ4n) is 1.62. The van der Waals surface area contributed by atoms with Crippen molar-refractivity contribution in [2.24, 2.45) is 0 Å². The maximum atomic E-state index is 13.4. The van der Waals surface area contributed by atoms with Gasteiger partial charge in [0.2, 0.25) is 0 Å². The summed E-state index contributed by atoms with van der Waals surface area (Å²) in [5, 5.41) is 4.03. The molecule has 0 amide bonds. The van der Waals surface area contributed by atoms with Gasteiger partial charge < -0.3 is 4.74 Å². The van der Waals surface area contributed by atoms with Gasteiger partial charge in [0.25, 0.3) is 0 Å². The molecule has 0 unspecified atom stereocenters. The lowest BCUT2D eigenvalue weighted by atomic mass is 9.96. The summed E-state index contributed by atoms with van der Waals surface area (Å²) in [6.07, 6.45) is -5.77. The molecule has 0 fully saturated rings. The molecule has 0 aliphatic carbocycles. The number of ether oxygens (including phenoxy) is 1. The van der Waals surface area contributed by atoms with Gasteiger partial charge in [-0.2, -0.15) is 31.5 Å². The molecule has 0 saturated carbocycles. The van der Waals surface area contributed by atoms with Gasteiger partial charge in [0.15, 0.2) is 11.5 Å². The molecular weight excluding hydrogens is 311 g/mol. The van der Waals surface area contributed by atoms with Crippen LogP contribution in [0.15, 0.2) is 6.07 Å². The Balaban J connectivity index is 2.70. The number of rotatable bonds is 2. The molecule has 0 aliphatic rings. The average Bonchev–Trinajstić information content (AvgIpc) is 2.79. The van der Waals surface area contributed by atoms with E-state index in [0.29, 0.717) is 6.07 Å². The molecule has 2 aromatic heterocycles. The smallest absolute Gasteiger partial charge is 0.459 e. The Morgan fingerprint density at radius 2 is 1.64 bits per heavy atom. The number of hydrogen-bond acceptors (Lipinski definition) is 4. The van der Waals surface area contributed by atoms with Crippen LogP contribution in [0.1, 0.15) is 32.3 Å². The predicted molar refractivity (Wildman–Crippen MR) is 66.0 cm³/mol. The molecule has 22 heavy (non-hydrogen) atoms. The minimum Gasteiger partial charge on any atom is -0.467 e. The minimum atomic E-state index is -5.77. The standard InChI is InChI=1S/C12H13F5N4O/c1-10(2,3)8-19-7-5-6(11(13,14)12(15,16)17)18-9(22-4)21(7)20-8/h5H,1-4H3. The zero-order chi connectivity index (χ0) is 16.9. The van der Waals surface area contributed by atoms with Crippen molar-refractivity contribution in [3.8, 4) is 6.01 Å². The zero-order valence-corrected chi connectivity index (χ0v) is 12.2. The maximum Gasteiger partial charge on any atom is 0.459 e. The number of hydrogen-bond donors (Lipinski definition) is 0. The molecule has 0 bridgehead atoms. The summed E-state index contributed by atoms with van der Waals surface area (Å²) in [5.74, 6) is -4.85. The van der Waals surface area contributed by atoms with E-state index >= 15 is 0 Å². The van der Waals surface area contributed by atoms with Gasteiger partial charge in [-0.05, 0) is 0 Å². The van der Waals surface area contributed by atoms with E-state index in [1.54, 1.807) is 20.8 Å². The Hall–Kier alpha value is -2.00. The van der Waals surface area contributed by atoms with Gasteiger partial charge in [0, 0.05) is 11.5 Å². The second kappa shape index (κ2) is 4.75. The van der Waals surface area contributed by atoms with Crippen molar-refractivity contribution in [3.05, 3.63) is 17.6 Å². The third kappa shape index (κ3) is 2.57. The van der Waals surface area contributed by atoms with Crippen LogP contribution < -0.4 is 4.74 Å². The van der Waals surface area contributed by atoms with Crippen LogP contribution in [0.2, 0.25) is 0 Å². The second-order valence-electron chi connectivity index (χ2n) is 5.66. The second-order valence-corrected chi connectivity index (χ2v) is 5.66. The van der Waals surface area contributed by atoms with E-state index in [1.807, 2.05) is 0 Å². The van der Waals surface area contributed by atoms with Crippen LogP contribution in [-0.4, -0.2) is 32.9 Å². The highest BCUT2D eigenvalue weighted by Gasteiger charge is 2.60. The van der Waals surface area contributed by atoms with Gasteiger partial charge in [-0.1, -0.05) is 20.8 Å². The first-order valence-corrected chi connectivity index (χ1v) is 6.15. The summed E-state index contributed by atoms with van der Waals surface area (Å²) in [5.41, 5.74) is -2.21. The molecule has 0 aliphatic heterocycles. The normalized spacial score (nSPS) is 13.7. The molecule has 2 rings (SSSR count). The Bertz CT molecular complexity index is 702. The fraction of sp³-hybridized carbons (Fsp3) is 0.583. The third-order valence-corrected chi connectivity index (χ3v) is 2.83. The van der Waals surface area contributed by atoms with Gasteiger partial charge in [-0.3, -0.25) is 0 Å². The van der Waals surface area contributed by atoms with E-state index in [2.05, 4.69) is 15.1 Å². The molecule has 122 valence electrons. The molecule has 2 aromatic rings. The highest BCUT2D eigenvalue weighted by atomic mass is 19.4. The summed E-state index contributed by atoms with van der Waals surface area (Å²) >= 11 is 0. The molecule has 0 spiro atoms. The Morgan fingerprint density at radius 3 is 2.09 bits per heavy atom. The van der Waals surface area contributed by atoms with Crippen molar-refractivity contribution in [2.75, 3.05) is 7.11 Å². The summed E-state index contributed by atoms with van der Waals surface area (Å²) in [4.78, 5) is 7.20. The van der Waals surface area contributed by atoms with Gasteiger partial charge >= 0.3 is 18.1 Å². The first-order chi connectivity index (χ1) is 9.88. The van der Waals surface area contributed by atoms with Crippen molar-refractivity contribution in [2.45, 2.75) is 38.3 Å². The van der Waals surface area contributed by atoms with Crippen LogP contribution in [-0.2, 0) is 11.3 Å². The highest BCUT2D eigenvalue weighted by Crippen LogP contribution is 2.43. The average molecular weight is 324 g/mol. The quantitative estimate of drug-likeness (QED) is 0.797. The lowest BCUT2D eigenvalue weighted by molar-refractivity contribution is -0.291. The fourth-order valence-corrected chi connectivity index (χ4v) is 1.62. The van der Waals surface area contributed by atoms with E-state index < -0.39 is 29.2 Å². The topological polar surface area (TPSA) is 52.3 Å². The first-order valence-electron chi connectivity index (χ1n) is 6.15. The molecule has 2 heterocycles. The van der Waals surface area contributed by atoms with Crippen LogP contribution in [0.5, 0.6) is 6.01 Å². The molecular formula is C12H13F5N4O. The van der Waals surface area contributed by atoms with Gasteiger partial charge in [-0.25, -0.2) is 4.98 Å². The summed E-state index contributed by atoms with van der Waals surface area (Å²) in [6.45, 7) is 5.31. The van der Waals surface area contributed by atoms with Crippen molar-refractivity contribution in [3.63, 3.8) is 0 Å².